The van der Waals surface area contributed by atoms with Crippen LogP contribution in [0.25, 0.3) is 0 Å². The first-order chi connectivity index (χ1) is 10.0. The van der Waals surface area contributed by atoms with Gasteiger partial charge in [-0.3, -0.25) is 9.59 Å². The quantitative estimate of drug-likeness (QED) is 0.810. The third-order valence-corrected chi connectivity index (χ3v) is 5.27. The molecule has 1 heterocycles. The Kier molecular flexibility index (Phi) is 5.62. The van der Waals surface area contributed by atoms with Crippen LogP contribution in [0.15, 0.2) is 0 Å². The zero-order valence-corrected chi connectivity index (χ0v) is 13.2. The maximum atomic E-state index is 12.5. The minimum absolute atomic E-state index is 0.0340. The number of rotatable bonds is 5. The van der Waals surface area contributed by atoms with E-state index >= 15 is 0 Å². The lowest BCUT2D eigenvalue weighted by Crippen LogP contribution is -2.47. The van der Waals surface area contributed by atoms with Crippen LogP contribution in [-0.4, -0.2) is 47.6 Å². The molecule has 2 rings (SSSR count). The standard InChI is InChI=1S/C16H28N2O3/c1-3-11-9-13(14(10-11)16(20)21)15(19)17-12-5-7-18(4-2)8-6-12/h11-14H,3-10H2,1-2H3,(H,17,19)(H,20,21). The largest absolute Gasteiger partial charge is 0.481 e. The lowest BCUT2D eigenvalue weighted by atomic mass is 9.94. The normalized spacial score (nSPS) is 31.2. The molecule has 5 heteroatoms. The lowest BCUT2D eigenvalue weighted by molar-refractivity contribution is -0.146. The van der Waals surface area contributed by atoms with E-state index in [-0.39, 0.29) is 17.9 Å². The zero-order chi connectivity index (χ0) is 15.4. The van der Waals surface area contributed by atoms with Crippen LogP contribution in [0, 0.1) is 17.8 Å². The fraction of sp³-hybridized carbons (Fsp3) is 0.875. The van der Waals surface area contributed by atoms with Crippen molar-refractivity contribution in [1.82, 2.24) is 10.2 Å². The Morgan fingerprint density at radius 3 is 2.29 bits per heavy atom. The number of carboxylic acid groups (broad SMARTS) is 1. The molecule has 0 radical (unpaired) electrons. The van der Waals surface area contributed by atoms with E-state index in [4.69, 9.17) is 0 Å². The molecule has 0 aromatic carbocycles. The Hall–Kier alpha value is -1.10. The molecular formula is C16H28N2O3. The summed E-state index contributed by atoms with van der Waals surface area (Å²) in [5, 5.41) is 12.4. The maximum absolute atomic E-state index is 12.5. The van der Waals surface area contributed by atoms with Crippen LogP contribution in [0.2, 0.25) is 0 Å². The van der Waals surface area contributed by atoms with E-state index in [9.17, 15) is 14.7 Å². The molecule has 0 bridgehead atoms. The summed E-state index contributed by atoms with van der Waals surface area (Å²) in [6, 6.07) is 0.218. The summed E-state index contributed by atoms with van der Waals surface area (Å²) >= 11 is 0. The SMILES string of the molecule is CCC1CC(C(=O)O)C(C(=O)NC2CCN(CC)CC2)C1. The number of carbonyl (C=O) groups is 2. The highest BCUT2D eigenvalue weighted by Gasteiger charge is 2.42. The first-order valence-electron chi connectivity index (χ1n) is 8.30. The van der Waals surface area contributed by atoms with E-state index in [0.29, 0.717) is 12.3 Å². The van der Waals surface area contributed by atoms with Crippen molar-refractivity contribution in [2.45, 2.75) is 52.0 Å². The first kappa shape index (κ1) is 16.3. The van der Waals surface area contributed by atoms with Crippen molar-refractivity contribution in [1.29, 1.82) is 0 Å². The molecule has 5 nitrogen and oxygen atoms in total. The summed E-state index contributed by atoms with van der Waals surface area (Å²) in [6.45, 7) is 7.32. The van der Waals surface area contributed by atoms with Gasteiger partial charge in [-0.05, 0) is 38.1 Å². The number of hydrogen-bond acceptors (Lipinski definition) is 3. The summed E-state index contributed by atoms with van der Waals surface area (Å²) < 4.78 is 0. The maximum Gasteiger partial charge on any atom is 0.307 e. The molecule has 1 saturated carbocycles. The van der Waals surface area contributed by atoms with E-state index in [0.717, 1.165) is 45.3 Å². The second kappa shape index (κ2) is 7.25. The number of hydrogen-bond donors (Lipinski definition) is 2. The molecule has 1 saturated heterocycles. The number of nitrogens with zero attached hydrogens (tertiary/aromatic N) is 1. The van der Waals surface area contributed by atoms with Gasteiger partial charge in [-0.15, -0.1) is 0 Å². The molecule has 0 aromatic rings. The van der Waals surface area contributed by atoms with Crippen LogP contribution in [-0.2, 0) is 9.59 Å². The summed E-state index contributed by atoms with van der Waals surface area (Å²) in [4.78, 5) is 26.2. The minimum Gasteiger partial charge on any atom is -0.481 e. The number of carbonyl (C=O) groups excluding carboxylic acids is 1. The first-order valence-corrected chi connectivity index (χ1v) is 8.30. The van der Waals surface area contributed by atoms with Crippen molar-refractivity contribution < 1.29 is 14.7 Å². The Morgan fingerprint density at radius 1 is 1.14 bits per heavy atom. The summed E-state index contributed by atoms with van der Waals surface area (Å²) in [5.74, 6) is -1.30. The summed E-state index contributed by atoms with van der Waals surface area (Å²) in [7, 11) is 0. The Morgan fingerprint density at radius 2 is 1.76 bits per heavy atom. The van der Waals surface area contributed by atoms with Crippen molar-refractivity contribution in [3.05, 3.63) is 0 Å². The van der Waals surface area contributed by atoms with Crippen molar-refractivity contribution in [3.8, 4) is 0 Å². The van der Waals surface area contributed by atoms with Crippen molar-refractivity contribution in [2.24, 2.45) is 17.8 Å². The molecule has 1 amide bonds. The molecule has 3 atom stereocenters. The lowest BCUT2D eigenvalue weighted by Gasteiger charge is -2.32. The number of aliphatic carboxylic acids is 1. The number of piperidine rings is 1. The van der Waals surface area contributed by atoms with Crippen LogP contribution in [0.5, 0.6) is 0 Å². The van der Waals surface area contributed by atoms with Gasteiger partial charge in [0.2, 0.25) is 5.91 Å². The van der Waals surface area contributed by atoms with Gasteiger partial charge in [-0.25, -0.2) is 0 Å². The van der Waals surface area contributed by atoms with Gasteiger partial charge >= 0.3 is 5.97 Å². The zero-order valence-electron chi connectivity index (χ0n) is 13.2. The van der Waals surface area contributed by atoms with Crippen molar-refractivity contribution in [2.75, 3.05) is 19.6 Å². The third kappa shape index (κ3) is 3.96. The minimum atomic E-state index is -0.813. The molecule has 2 fully saturated rings. The highest BCUT2D eigenvalue weighted by atomic mass is 16.4. The molecule has 1 aliphatic carbocycles. The Balaban J connectivity index is 1.88. The predicted octanol–water partition coefficient (Wildman–Crippen LogP) is 1.72. The monoisotopic (exact) mass is 296 g/mol. The topological polar surface area (TPSA) is 69.6 Å². The molecule has 3 unspecified atom stereocenters. The van der Waals surface area contributed by atoms with E-state index in [1.807, 2.05) is 0 Å². The molecule has 2 aliphatic rings. The number of nitrogens with one attached hydrogen (secondary N) is 1. The Labute approximate surface area is 127 Å². The second-order valence-electron chi connectivity index (χ2n) is 6.51. The van der Waals surface area contributed by atoms with Gasteiger partial charge in [0.1, 0.15) is 0 Å². The molecule has 2 N–H and O–H groups in total. The predicted molar refractivity (Wildman–Crippen MR) is 80.9 cm³/mol. The van der Waals surface area contributed by atoms with E-state index < -0.39 is 11.9 Å². The van der Waals surface area contributed by atoms with E-state index in [2.05, 4.69) is 24.1 Å². The van der Waals surface area contributed by atoms with E-state index in [1.54, 1.807) is 0 Å². The molecule has 0 spiro atoms. The number of likely N-dealkylation sites (tertiary alicyclic amines) is 1. The fourth-order valence-electron chi connectivity index (χ4n) is 3.74. The van der Waals surface area contributed by atoms with Gasteiger partial charge in [0.25, 0.3) is 0 Å². The number of carboxylic acids is 1. The van der Waals surface area contributed by atoms with Crippen LogP contribution in [0.4, 0.5) is 0 Å². The van der Waals surface area contributed by atoms with Crippen molar-refractivity contribution in [3.63, 3.8) is 0 Å². The van der Waals surface area contributed by atoms with Gasteiger partial charge in [0, 0.05) is 19.1 Å². The highest BCUT2D eigenvalue weighted by Crippen LogP contribution is 2.38. The smallest absolute Gasteiger partial charge is 0.307 e. The van der Waals surface area contributed by atoms with E-state index in [1.165, 1.54) is 0 Å². The second-order valence-corrected chi connectivity index (χ2v) is 6.51. The van der Waals surface area contributed by atoms with Crippen LogP contribution < -0.4 is 5.32 Å². The average molecular weight is 296 g/mol. The fourth-order valence-corrected chi connectivity index (χ4v) is 3.74. The Bertz CT molecular complexity index is 378. The molecule has 120 valence electrons. The van der Waals surface area contributed by atoms with Crippen LogP contribution in [0.1, 0.15) is 46.0 Å². The molecule has 1 aliphatic heterocycles. The van der Waals surface area contributed by atoms with Gasteiger partial charge < -0.3 is 15.3 Å². The van der Waals surface area contributed by atoms with Gasteiger partial charge in [-0.2, -0.15) is 0 Å². The summed E-state index contributed by atoms with van der Waals surface area (Å²) in [6.07, 6.45) is 4.29. The third-order valence-electron chi connectivity index (χ3n) is 5.27. The average Bonchev–Trinajstić information content (AvgIpc) is 2.92. The van der Waals surface area contributed by atoms with Gasteiger partial charge in [0.05, 0.1) is 11.8 Å². The van der Waals surface area contributed by atoms with Crippen LogP contribution in [0.3, 0.4) is 0 Å². The number of amides is 1. The summed E-state index contributed by atoms with van der Waals surface area (Å²) in [5.41, 5.74) is 0. The molecular weight excluding hydrogens is 268 g/mol. The molecule has 21 heavy (non-hydrogen) atoms. The molecule has 0 aromatic heterocycles. The van der Waals surface area contributed by atoms with Gasteiger partial charge in [0.15, 0.2) is 0 Å². The van der Waals surface area contributed by atoms with Gasteiger partial charge in [-0.1, -0.05) is 20.3 Å². The highest BCUT2D eigenvalue weighted by molar-refractivity contribution is 5.85. The van der Waals surface area contributed by atoms with Crippen LogP contribution >= 0.6 is 0 Å². The van der Waals surface area contributed by atoms with Crippen molar-refractivity contribution >= 4 is 11.9 Å².